The van der Waals surface area contributed by atoms with Crippen LogP contribution in [0.1, 0.15) is 18.9 Å². The molecule has 2 N–H and O–H groups in total. The number of aliphatic imine (C=N–C) groups is 1. The number of aromatic nitrogens is 3. The van der Waals surface area contributed by atoms with Gasteiger partial charge >= 0.3 is 0 Å². The second-order valence-corrected chi connectivity index (χ2v) is 6.40. The van der Waals surface area contributed by atoms with Crippen molar-refractivity contribution in [1.82, 2.24) is 25.2 Å². The molecule has 0 fully saturated rings. The number of guanidine groups is 1. The van der Waals surface area contributed by atoms with E-state index in [2.05, 4.69) is 25.6 Å². The van der Waals surface area contributed by atoms with Crippen LogP contribution >= 0.6 is 24.0 Å². The number of hydrogen-bond donors (Lipinski definition) is 2. The van der Waals surface area contributed by atoms with Crippen LogP contribution in [-0.2, 0) is 6.54 Å². The van der Waals surface area contributed by atoms with Crippen molar-refractivity contribution in [2.75, 3.05) is 13.6 Å². The molecule has 160 valence electrons. The fourth-order valence-corrected chi connectivity index (χ4v) is 2.73. The van der Waals surface area contributed by atoms with E-state index in [4.69, 9.17) is 4.74 Å². The van der Waals surface area contributed by atoms with Crippen molar-refractivity contribution in [3.8, 4) is 11.6 Å². The standard InChI is InChI=1S/C21H25FN6O.HI/c1-3-18(29-19-6-4-5-17(22)12-19)14-27-21(23-2)26-13-16-7-8-25-20(11-16)28-10-9-24-15-28;/h4-12,15,18H,3,13-14H2,1-2H3,(H2,23,26,27);1H. The van der Waals surface area contributed by atoms with Crippen molar-refractivity contribution in [2.45, 2.75) is 26.0 Å². The molecule has 2 aromatic heterocycles. The minimum absolute atomic E-state index is 0. The molecule has 0 saturated heterocycles. The van der Waals surface area contributed by atoms with Crippen LogP contribution in [0.2, 0.25) is 0 Å². The molecule has 0 spiro atoms. The number of imidazole rings is 1. The number of rotatable bonds is 8. The Bertz CT molecular complexity index is 935. The lowest BCUT2D eigenvalue weighted by molar-refractivity contribution is 0.199. The largest absolute Gasteiger partial charge is 0.489 e. The van der Waals surface area contributed by atoms with E-state index < -0.39 is 0 Å². The predicted molar refractivity (Wildman–Crippen MR) is 126 cm³/mol. The first-order valence-electron chi connectivity index (χ1n) is 9.48. The molecule has 1 atom stereocenters. The third kappa shape index (κ3) is 6.97. The number of ether oxygens (including phenoxy) is 1. The summed E-state index contributed by atoms with van der Waals surface area (Å²) in [6.07, 6.45) is 7.72. The van der Waals surface area contributed by atoms with Gasteiger partial charge < -0.3 is 15.4 Å². The number of halogens is 2. The highest BCUT2D eigenvalue weighted by Gasteiger charge is 2.10. The first kappa shape index (κ1) is 23.6. The summed E-state index contributed by atoms with van der Waals surface area (Å²) in [4.78, 5) is 12.6. The average molecular weight is 524 g/mol. The highest BCUT2D eigenvalue weighted by atomic mass is 127. The molecule has 2 heterocycles. The van der Waals surface area contributed by atoms with Gasteiger partial charge in [0.2, 0.25) is 0 Å². The van der Waals surface area contributed by atoms with E-state index in [1.54, 1.807) is 37.9 Å². The number of hydrogen-bond acceptors (Lipinski definition) is 4. The van der Waals surface area contributed by atoms with Crippen molar-refractivity contribution in [2.24, 2.45) is 4.99 Å². The SMILES string of the molecule is CCC(CNC(=NC)NCc1ccnc(-n2ccnc2)c1)Oc1cccc(F)c1.I. The van der Waals surface area contributed by atoms with Gasteiger partial charge in [-0.25, -0.2) is 14.4 Å². The van der Waals surface area contributed by atoms with Gasteiger partial charge in [0.15, 0.2) is 5.96 Å². The molecule has 0 aliphatic heterocycles. The number of benzene rings is 1. The van der Waals surface area contributed by atoms with Crippen LogP contribution in [0.4, 0.5) is 4.39 Å². The van der Waals surface area contributed by atoms with Gasteiger partial charge in [0.1, 0.15) is 29.8 Å². The summed E-state index contributed by atoms with van der Waals surface area (Å²) in [6, 6.07) is 10.1. The third-order valence-corrected chi connectivity index (χ3v) is 4.31. The topological polar surface area (TPSA) is 76.4 Å². The van der Waals surface area contributed by atoms with Crippen LogP contribution in [0.15, 0.2) is 66.3 Å². The van der Waals surface area contributed by atoms with Gasteiger partial charge in [-0.3, -0.25) is 9.56 Å². The predicted octanol–water partition coefficient (Wildman–Crippen LogP) is 3.55. The maximum atomic E-state index is 13.3. The fourth-order valence-electron chi connectivity index (χ4n) is 2.73. The van der Waals surface area contributed by atoms with E-state index >= 15 is 0 Å². The smallest absolute Gasteiger partial charge is 0.191 e. The molecule has 7 nitrogen and oxygen atoms in total. The molecular weight excluding hydrogens is 498 g/mol. The molecule has 0 aliphatic carbocycles. The van der Waals surface area contributed by atoms with Crippen molar-refractivity contribution >= 4 is 29.9 Å². The van der Waals surface area contributed by atoms with Crippen molar-refractivity contribution in [3.05, 3.63) is 72.7 Å². The monoisotopic (exact) mass is 524 g/mol. The zero-order chi connectivity index (χ0) is 20.5. The van der Waals surface area contributed by atoms with Gasteiger partial charge in [-0.15, -0.1) is 24.0 Å². The highest BCUT2D eigenvalue weighted by Crippen LogP contribution is 2.14. The van der Waals surface area contributed by atoms with Gasteiger partial charge in [0.05, 0.1) is 6.54 Å². The van der Waals surface area contributed by atoms with Crippen molar-refractivity contribution < 1.29 is 9.13 Å². The van der Waals surface area contributed by atoms with E-state index in [9.17, 15) is 4.39 Å². The number of nitrogens with zero attached hydrogens (tertiary/aromatic N) is 4. The van der Waals surface area contributed by atoms with E-state index in [-0.39, 0.29) is 35.9 Å². The Balaban J connectivity index is 0.00000320. The van der Waals surface area contributed by atoms with Gasteiger partial charge in [-0.2, -0.15) is 0 Å². The van der Waals surface area contributed by atoms with E-state index in [0.717, 1.165) is 17.8 Å². The molecule has 1 unspecified atom stereocenters. The highest BCUT2D eigenvalue weighted by molar-refractivity contribution is 14.0. The normalized spacial score (nSPS) is 12.0. The molecule has 3 rings (SSSR count). The number of nitrogens with one attached hydrogen (secondary N) is 2. The molecular formula is C21H26FIN6O. The summed E-state index contributed by atoms with van der Waals surface area (Å²) in [6.45, 7) is 3.16. The molecule has 1 aromatic carbocycles. The lowest BCUT2D eigenvalue weighted by atomic mass is 10.2. The fraction of sp³-hybridized carbons (Fsp3) is 0.286. The first-order valence-corrected chi connectivity index (χ1v) is 9.48. The van der Waals surface area contributed by atoms with Crippen molar-refractivity contribution in [1.29, 1.82) is 0 Å². The lowest BCUT2D eigenvalue weighted by Gasteiger charge is -2.20. The minimum Gasteiger partial charge on any atom is -0.489 e. The average Bonchev–Trinajstić information content (AvgIpc) is 3.28. The summed E-state index contributed by atoms with van der Waals surface area (Å²) >= 11 is 0. The summed E-state index contributed by atoms with van der Waals surface area (Å²) in [5.74, 6) is 1.67. The Labute approximate surface area is 192 Å². The zero-order valence-corrected chi connectivity index (χ0v) is 19.3. The van der Waals surface area contributed by atoms with E-state index in [1.807, 2.05) is 29.8 Å². The Morgan fingerprint density at radius 3 is 2.80 bits per heavy atom. The minimum atomic E-state index is -0.310. The van der Waals surface area contributed by atoms with Crippen LogP contribution in [-0.4, -0.2) is 40.2 Å². The maximum absolute atomic E-state index is 13.3. The Hall–Kier alpha value is -2.69. The van der Waals surface area contributed by atoms with Gasteiger partial charge in [-0.1, -0.05) is 13.0 Å². The molecule has 0 bridgehead atoms. The van der Waals surface area contributed by atoms with Crippen LogP contribution < -0.4 is 15.4 Å². The van der Waals surface area contributed by atoms with Gasteiger partial charge in [0.25, 0.3) is 0 Å². The molecule has 3 aromatic rings. The molecule has 0 aliphatic rings. The molecule has 9 heteroatoms. The summed E-state index contributed by atoms with van der Waals surface area (Å²) < 4.78 is 21.0. The van der Waals surface area contributed by atoms with Crippen molar-refractivity contribution in [3.63, 3.8) is 0 Å². The lowest BCUT2D eigenvalue weighted by Crippen LogP contribution is -2.42. The molecule has 0 radical (unpaired) electrons. The molecule has 0 amide bonds. The summed E-state index contributed by atoms with van der Waals surface area (Å²) in [5.41, 5.74) is 1.06. The number of pyridine rings is 1. The summed E-state index contributed by atoms with van der Waals surface area (Å²) in [5, 5.41) is 6.54. The third-order valence-electron chi connectivity index (χ3n) is 4.31. The van der Waals surface area contributed by atoms with Gasteiger partial charge in [-0.05, 0) is 36.2 Å². The van der Waals surface area contributed by atoms with Crippen LogP contribution in [0.3, 0.4) is 0 Å². The molecule has 0 saturated carbocycles. The Morgan fingerprint density at radius 2 is 2.10 bits per heavy atom. The first-order chi connectivity index (χ1) is 14.2. The van der Waals surface area contributed by atoms with Crippen LogP contribution in [0.5, 0.6) is 5.75 Å². The van der Waals surface area contributed by atoms with Gasteiger partial charge in [0, 0.05) is 38.2 Å². The second-order valence-electron chi connectivity index (χ2n) is 6.40. The Kier molecular flexibility index (Phi) is 9.52. The van der Waals surface area contributed by atoms with E-state index in [0.29, 0.717) is 24.8 Å². The van der Waals surface area contributed by atoms with Crippen LogP contribution in [0, 0.1) is 5.82 Å². The quantitative estimate of drug-likeness (QED) is 0.268. The Morgan fingerprint density at radius 1 is 1.23 bits per heavy atom. The van der Waals surface area contributed by atoms with E-state index in [1.165, 1.54) is 12.1 Å². The zero-order valence-electron chi connectivity index (χ0n) is 17.0. The molecule has 30 heavy (non-hydrogen) atoms. The van der Waals surface area contributed by atoms with Crippen LogP contribution in [0.25, 0.3) is 5.82 Å². The summed E-state index contributed by atoms with van der Waals surface area (Å²) in [7, 11) is 1.72. The second kappa shape index (κ2) is 12.1. The maximum Gasteiger partial charge on any atom is 0.191 e.